The number of thiocarbonyl (C=S) groups is 1. The summed E-state index contributed by atoms with van der Waals surface area (Å²) in [7, 11) is 0. The molecule has 4 aromatic rings. The lowest BCUT2D eigenvalue weighted by Gasteiger charge is -2.28. The average Bonchev–Trinajstić information content (AvgIpc) is 3.30. The van der Waals surface area contributed by atoms with Gasteiger partial charge in [0, 0.05) is 36.5 Å². The molecule has 4 heterocycles. The Balaban J connectivity index is 1.63. The van der Waals surface area contributed by atoms with Gasteiger partial charge in [-0.2, -0.15) is 0 Å². The third-order valence-corrected chi connectivity index (χ3v) is 6.53. The molecule has 0 bridgehead atoms. The van der Waals surface area contributed by atoms with Gasteiger partial charge in [0.2, 0.25) is 0 Å². The van der Waals surface area contributed by atoms with Crippen LogP contribution >= 0.6 is 12.2 Å². The molecule has 33 heavy (non-hydrogen) atoms. The predicted molar refractivity (Wildman–Crippen MR) is 130 cm³/mol. The van der Waals surface area contributed by atoms with Gasteiger partial charge in [0.1, 0.15) is 5.82 Å². The molecule has 1 saturated heterocycles. The molecule has 1 aromatic carbocycles. The van der Waals surface area contributed by atoms with Gasteiger partial charge in [0.05, 0.1) is 23.5 Å². The number of para-hydroxylation sites is 1. The SMILES string of the molecule is Cc1cc([C@H]2[C@H](c3ccccn3)NC(=S)N2Cc2ccncc2)c(C)n1-c1ccccc1F. The van der Waals surface area contributed by atoms with Crippen LogP contribution in [0.25, 0.3) is 5.69 Å². The van der Waals surface area contributed by atoms with Gasteiger partial charge in [0.25, 0.3) is 0 Å². The zero-order chi connectivity index (χ0) is 22.9. The molecular weight excluding hydrogens is 433 g/mol. The molecule has 1 aliphatic rings. The van der Waals surface area contributed by atoms with Gasteiger partial charge in [0.15, 0.2) is 5.11 Å². The topological polar surface area (TPSA) is 46.0 Å². The van der Waals surface area contributed by atoms with Crippen molar-refractivity contribution in [3.8, 4) is 5.69 Å². The van der Waals surface area contributed by atoms with Gasteiger partial charge in [-0.25, -0.2) is 4.39 Å². The first-order chi connectivity index (χ1) is 16.0. The Labute approximate surface area is 197 Å². The molecule has 0 unspecified atom stereocenters. The van der Waals surface area contributed by atoms with E-state index in [0.717, 1.165) is 28.2 Å². The second-order valence-corrected chi connectivity index (χ2v) is 8.61. The maximum absolute atomic E-state index is 14.7. The van der Waals surface area contributed by atoms with E-state index in [1.165, 1.54) is 6.07 Å². The van der Waals surface area contributed by atoms with Gasteiger partial charge < -0.3 is 14.8 Å². The molecule has 0 radical (unpaired) electrons. The minimum absolute atomic E-state index is 0.104. The minimum Gasteiger partial charge on any atom is -0.352 e. The number of rotatable bonds is 5. The highest BCUT2D eigenvalue weighted by molar-refractivity contribution is 7.80. The molecule has 0 amide bonds. The third-order valence-electron chi connectivity index (χ3n) is 6.18. The van der Waals surface area contributed by atoms with Crippen molar-refractivity contribution in [2.75, 3.05) is 0 Å². The zero-order valence-corrected chi connectivity index (χ0v) is 19.3. The fourth-order valence-electron chi connectivity index (χ4n) is 4.69. The van der Waals surface area contributed by atoms with E-state index in [1.807, 2.05) is 60.9 Å². The van der Waals surface area contributed by atoms with Gasteiger partial charge in [-0.15, -0.1) is 0 Å². The number of aromatic nitrogens is 3. The molecule has 2 atom stereocenters. The average molecular weight is 458 g/mol. The fourth-order valence-corrected chi connectivity index (χ4v) is 5.00. The Kier molecular flexibility index (Phi) is 5.64. The standard InChI is InChI=1S/C26H24FN5S/c1-17-15-20(18(2)32(17)23-9-4-3-7-21(23)27)25-24(22-8-5-6-12-29-22)30-26(33)31(25)16-19-10-13-28-14-11-19/h3-15,24-25H,16H2,1-2H3,(H,30,33)/t24-,25-/m0/s1. The normalized spacial score (nSPS) is 17.9. The summed E-state index contributed by atoms with van der Waals surface area (Å²) in [5.74, 6) is -0.249. The summed E-state index contributed by atoms with van der Waals surface area (Å²) in [6.07, 6.45) is 5.37. The highest BCUT2D eigenvalue weighted by atomic mass is 32.1. The molecule has 166 valence electrons. The second-order valence-electron chi connectivity index (χ2n) is 8.22. The summed E-state index contributed by atoms with van der Waals surface area (Å²) in [6, 6.07) is 18.7. The van der Waals surface area contributed by atoms with E-state index >= 15 is 0 Å². The molecule has 0 saturated carbocycles. The quantitative estimate of drug-likeness (QED) is 0.418. The molecule has 5 rings (SSSR count). The molecule has 5 nitrogen and oxygen atoms in total. The third kappa shape index (κ3) is 3.89. The Hall–Kier alpha value is -3.58. The maximum Gasteiger partial charge on any atom is 0.170 e. The Morgan fingerprint density at radius 2 is 1.76 bits per heavy atom. The van der Waals surface area contributed by atoms with E-state index in [2.05, 4.69) is 26.3 Å². The predicted octanol–water partition coefficient (Wildman–Crippen LogP) is 5.20. The lowest BCUT2D eigenvalue weighted by molar-refractivity contribution is 0.310. The van der Waals surface area contributed by atoms with Crippen LogP contribution in [0.3, 0.4) is 0 Å². The summed E-state index contributed by atoms with van der Waals surface area (Å²) in [4.78, 5) is 10.9. The van der Waals surface area contributed by atoms with Crippen molar-refractivity contribution in [3.05, 3.63) is 113 Å². The van der Waals surface area contributed by atoms with E-state index in [-0.39, 0.29) is 17.9 Å². The van der Waals surface area contributed by atoms with Gasteiger partial charge in [-0.05, 0) is 79.7 Å². The van der Waals surface area contributed by atoms with Crippen LogP contribution in [0.15, 0.2) is 79.3 Å². The first kappa shape index (κ1) is 21.3. The molecule has 3 aromatic heterocycles. The number of benzene rings is 1. The van der Waals surface area contributed by atoms with Crippen LogP contribution in [-0.2, 0) is 6.54 Å². The van der Waals surface area contributed by atoms with E-state index < -0.39 is 0 Å². The highest BCUT2D eigenvalue weighted by Gasteiger charge is 2.41. The van der Waals surface area contributed by atoms with Gasteiger partial charge in [-0.3, -0.25) is 9.97 Å². The van der Waals surface area contributed by atoms with Crippen LogP contribution in [-0.4, -0.2) is 24.5 Å². The van der Waals surface area contributed by atoms with Crippen molar-refractivity contribution in [1.82, 2.24) is 24.8 Å². The molecular formula is C26H24FN5S. The number of hydrogen-bond donors (Lipinski definition) is 1. The van der Waals surface area contributed by atoms with Crippen LogP contribution in [0.4, 0.5) is 4.39 Å². The minimum atomic E-state index is -0.249. The summed E-state index contributed by atoms with van der Waals surface area (Å²) in [5, 5.41) is 4.16. The van der Waals surface area contributed by atoms with Crippen molar-refractivity contribution >= 4 is 17.3 Å². The van der Waals surface area contributed by atoms with E-state index in [9.17, 15) is 4.39 Å². The Morgan fingerprint density at radius 1 is 1.00 bits per heavy atom. The molecule has 0 aliphatic carbocycles. The van der Waals surface area contributed by atoms with Crippen molar-refractivity contribution < 1.29 is 4.39 Å². The lowest BCUT2D eigenvalue weighted by Crippen LogP contribution is -2.29. The van der Waals surface area contributed by atoms with Crippen molar-refractivity contribution in [3.63, 3.8) is 0 Å². The largest absolute Gasteiger partial charge is 0.352 e. The smallest absolute Gasteiger partial charge is 0.170 e. The van der Waals surface area contributed by atoms with Crippen molar-refractivity contribution in [2.45, 2.75) is 32.5 Å². The number of halogens is 1. The second kappa shape index (κ2) is 8.75. The summed E-state index contributed by atoms with van der Waals surface area (Å²) < 4.78 is 16.7. The highest BCUT2D eigenvalue weighted by Crippen LogP contribution is 2.42. The Bertz CT molecular complexity index is 1290. The van der Waals surface area contributed by atoms with E-state index in [4.69, 9.17) is 12.2 Å². The molecule has 1 N–H and O–H groups in total. The van der Waals surface area contributed by atoms with Crippen LogP contribution in [0.1, 0.15) is 40.3 Å². The monoisotopic (exact) mass is 457 g/mol. The molecule has 1 fully saturated rings. The maximum atomic E-state index is 14.7. The van der Waals surface area contributed by atoms with Crippen LogP contribution in [0.2, 0.25) is 0 Å². The van der Waals surface area contributed by atoms with Gasteiger partial charge >= 0.3 is 0 Å². The van der Waals surface area contributed by atoms with Crippen LogP contribution in [0.5, 0.6) is 0 Å². The fraction of sp³-hybridized carbons (Fsp3) is 0.192. The van der Waals surface area contributed by atoms with E-state index in [1.54, 1.807) is 24.7 Å². The lowest BCUT2D eigenvalue weighted by atomic mass is 9.96. The number of pyridine rings is 2. The molecule has 0 spiro atoms. The summed E-state index contributed by atoms with van der Waals surface area (Å²) in [6.45, 7) is 4.68. The van der Waals surface area contributed by atoms with Crippen LogP contribution in [0, 0.1) is 19.7 Å². The summed E-state index contributed by atoms with van der Waals surface area (Å²) in [5.41, 5.74) is 5.61. The zero-order valence-electron chi connectivity index (χ0n) is 18.4. The Morgan fingerprint density at radius 3 is 2.48 bits per heavy atom. The van der Waals surface area contributed by atoms with Crippen molar-refractivity contribution in [2.24, 2.45) is 0 Å². The molecule has 1 aliphatic heterocycles. The van der Waals surface area contributed by atoms with Gasteiger partial charge in [-0.1, -0.05) is 18.2 Å². The van der Waals surface area contributed by atoms with Crippen LogP contribution < -0.4 is 5.32 Å². The van der Waals surface area contributed by atoms with Crippen molar-refractivity contribution in [1.29, 1.82) is 0 Å². The van der Waals surface area contributed by atoms with E-state index in [0.29, 0.717) is 17.3 Å². The first-order valence-electron chi connectivity index (χ1n) is 10.9. The first-order valence-corrected chi connectivity index (χ1v) is 11.3. The summed E-state index contributed by atoms with van der Waals surface area (Å²) >= 11 is 5.80. The number of nitrogens with zero attached hydrogens (tertiary/aromatic N) is 4. The number of nitrogens with one attached hydrogen (secondary N) is 1. The molecule has 7 heteroatoms. The number of hydrogen-bond acceptors (Lipinski definition) is 3. The number of aryl methyl sites for hydroxylation is 1.